The summed E-state index contributed by atoms with van der Waals surface area (Å²) in [5, 5.41) is 21.0. The van der Waals surface area contributed by atoms with E-state index in [4.69, 9.17) is 0 Å². The maximum absolute atomic E-state index is 12.4. The molecule has 0 aromatic carbocycles. The van der Waals surface area contributed by atoms with E-state index < -0.39 is 5.60 Å². The van der Waals surface area contributed by atoms with Crippen LogP contribution in [0, 0.1) is 11.8 Å². The van der Waals surface area contributed by atoms with Crippen LogP contribution < -0.4 is 5.32 Å². The third-order valence-corrected chi connectivity index (χ3v) is 5.10. The van der Waals surface area contributed by atoms with Gasteiger partial charge in [0.1, 0.15) is 5.51 Å². The molecule has 1 aliphatic rings. The molecule has 0 radical (unpaired) electrons. The van der Waals surface area contributed by atoms with Crippen molar-refractivity contribution in [3.05, 3.63) is 5.51 Å². The van der Waals surface area contributed by atoms with E-state index >= 15 is 0 Å². The first-order chi connectivity index (χ1) is 11.3. The van der Waals surface area contributed by atoms with Crippen LogP contribution >= 0.6 is 11.3 Å². The molecular weight excluding hydrogens is 328 g/mol. The molecule has 0 spiro atoms. The number of carbonyl (C=O) groups is 2. The summed E-state index contributed by atoms with van der Waals surface area (Å²) in [6.45, 7) is 7.20. The van der Waals surface area contributed by atoms with Crippen molar-refractivity contribution < 1.29 is 14.7 Å². The molecule has 2 atom stereocenters. The van der Waals surface area contributed by atoms with Gasteiger partial charge in [0.05, 0.1) is 5.60 Å². The largest absolute Gasteiger partial charge is 0.390 e. The fourth-order valence-corrected chi connectivity index (χ4v) is 3.49. The van der Waals surface area contributed by atoms with E-state index in [1.54, 1.807) is 4.90 Å². The lowest BCUT2D eigenvalue weighted by Gasteiger charge is -2.43. The molecule has 2 rings (SSSR count). The molecule has 134 valence electrons. The van der Waals surface area contributed by atoms with E-state index in [9.17, 15) is 14.7 Å². The Bertz CT molecular complexity index is 560. The zero-order valence-electron chi connectivity index (χ0n) is 14.5. The number of nitrogens with one attached hydrogen (secondary N) is 1. The monoisotopic (exact) mass is 354 g/mol. The number of piperidine rings is 1. The van der Waals surface area contributed by atoms with Crippen molar-refractivity contribution in [2.75, 3.05) is 18.4 Å². The Kier molecular flexibility index (Phi) is 6.28. The van der Waals surface area contributed by atoms with Gasteiger partial charge in [0.25, 0.3) is 0 Å². The van der Waals surface area contributed by atoms with Crippen LogP contribution in [0.3, 0.4) is 0 Å². The molecule has 7 nitrogen and oxygen atoms in total. The maximum Gasteiger partial charge on any atom is 0.226 e. The van der Waals surface area contributed by atoms with Gasteiger partial charge in [-0.2, -0.15) is 0 Å². The molecule has 1 aromatic heterocycles. The molecule has 1 fully saturated rings. The molecule has 0 bridgehead atoms. The van der Waals surface area contributed by atoms with Crippen molar-refractivity contribution in [1.82, 2.24) is 15.1 Å². The van der Waals surface area contributed by atoms with Crippen LogP contribution in [0.1, 0.15) is 46.5 Å². The first kappa shape index (κ1) is 18.8. The molecule has 2 amide bonds. The summed E-state index contributed by atoms with van der Waals surface area (Å²) in [5.41, 5.74) is 0.811. The molecule has 0 unspecified atom stereocenters. The Balaban J connectivity index is 1.82. The zero-order chi connectivity index (χ0) is 17.7. The average Bonchev–Trinajstić information content (AvgIpc) is 2.99. The number of nitrogens with zero attached hydrogens (tertiary/aromatic N) is 3. The molecule has 1 aliphatic heterocycles. The Labute approximate surface area is 146 Å². The van der Waals surface area contributed by atoms with Crippen LogP contribution in [0.15, 0.2) is 5.51 Å². The normalized spacial score (nSPS) is 24.2. The number of aromatic nitrogens is 2. The van der Waals surface area contributed by atoms with E-state index in [2.05, 4.69) is 29.4 Å². The number of hydrogen-bond acceptors (Lipinski definition) is 6. The van der Waals surface area contributed by atoms with Gasteiger partial charge in [-0.05, 0) is 25.7 Å². The van der Waals surface area contributed by atoms with Gasteiger partial charge in [0.2, 0.25) is 16.9 Å². The number of amides is 2. The van der Waals surface area contributed by atoms with Crippen molar-refractivity contribution in [2.45, 2.75) is 52.1 Å². The maximum atomic E-state index is 12.4. The first-order valence-corrected chi connectivity index (χ1v) is 9.22. The van der Waals surface area contributed by atoms with E-state index in [-0.39, 0.29) is 30.6 Å². The van der Waals surface area contributed by atoms with Crippen LogP contribution in [0.25, 0.3) is 0 Å². The Morgan fingerprint density at radius 1 is 1.50 bits per heavy atom. The topological polar surface area (TPSA) is 95.4 Å². The number of rotatable bonds is 6. The second-order valence-electron chi connectivity index (χ2n) is 7.07. The average molecular weight is 354 g/mol. The third-order valence-electron chi connectivity index (χ3n) is 4.49. The highest BCUT2D eigenvalue weighted by Crippen LogP contribution is 2.32. The minimum atomic E-state index is -0.726. The molecule has 24 heavy (non-hydrogen) atoms. The molecule has 0 aliphatic carbocycles. The summed E-state index contributed by atoms with van der Waals surface area (Å²) >= 11 is 1.24. The second kappa shape index (κ2) is 8.02. The molecule has 2 N–H and O–H groups in total. The van der Waals surface area contributed by atoms with Gasteiger partial charge in [0, 0.05) is 31.8 Å². The van der Waals surface area contributed by atoms with E-state index in [1.807, 2.05) is 6.92 Å². The summed E-state index contributed by atoms with van der Waals surface area (Å²) in [4.78, 5) is 26.0. The van der Waals surface area contributed by atoms with Crippen molar-refractivity contribution in [3.8, 4) is 0 Å². The summed E-state index contributed by atoms with van der Waals surface area (Å²) in [5.74, 6) is 0.272. The summed E-state index contributed by atoms with van der Waals surface area (Å²) < 4.78 is 0. The molecule has 1 aromatic rings. The fraction of sp³-hybridized carbons (Fsp3) is 0.750. The number of carbonyl (C=O) groups excluding carboxylic acids is 2. The first-order valence-electron chi connectivity index (χ1n) is 8.34. The lowest BCUT2D eigenvalue weighted by molar-refractivity contribution is -0.140. The van der Waals surface area contributed by atoms with Gasteiger partial charge in [-0.25, -0.2) is 0 Å². The van der Waals surface area contributed by atoms with E-state index in [0.717, 1.165) is 6.42 Å². The Hall–Kier alpha value is -1.54. The molecular formula is C16H26N4O3S. The van der Waals surface area contributed by atoms with Gasteiger partial charge >= 0.3 is 0 Å². The highest BCUT2D eigenvalue weighted by atomic mass is 32.1. The summed E-state index contributed by atoms with van der Waals surface area (Å²) in [7, 11) is 0. The Morgan fingerprint density at radius 2 is 2.25 bits per heavy atom. The van der Waals surface area contributed by atoms with Crippen LogP contribution in [0.5, 0.6) is 0 Å². The Morgan fingerprint density at radius 3 is 2.88 bits per heavy atom. The number of aliphatic hydroxyl groups is 1. The van der Waals surface area contributed by atoms with Crippen LogP contribution in [-0.2, 0) is 9.59 Å². The molecule has 1 saturated heterocycles. The van der Waals surface area contributed by atoms with Crippen LogP contribution in [0.4, 0.5) is 5.13 Å². The van der Waals surface area contributed by atoms with E-state index in [0.29, 0.717) is 30.6 Å². The van der Waals surface area contributed by atoms with Crippen LogP contribution in [-0.4, -0.2) is 50.7 Å². The predicted octanol–water partition coefficient (Wildman–Crippen LogP) is 1.90. The molecule has 0 saturated carbocycles. The van der Waals surface area contributed by atoms with E-state index in [1.165, 1.54) is 16.8 Å². The SMILES string of the molecule is CC(C)C[C@@H]1CN(C(=O)CCC(=O)Nc2nncs2)CC[C@]1(C)O. The van der Waals surface area contributed by atoms with Crippen molar-refractivity contribution in [2.24, 2.45) is 11.8 Å². The number of hydrogen-bond donors (Lipinski definition) is 2. The second-order valence-corrected chi connectivity index (χ2v) is 7.90. The predicted molar refractivity (Wildman–Crippen MR) is 92.5 cm³/mol. The lowest BCUT2D eigenvalue weighted by Crippen LogP contribution is -2.52. The van der Waals surface area contributed by atoms with Crippen molar-refractivity contribution >= 4 is 28.3 Å². The highest BCUT2D eigenvalue weighted by molar-refractivity contribution is 7.13. The minimum absolute atomic E-state index is 0.0355. The van der Waals surface area contributed by atoms with Gasteiger partial charge in [0.15, 0.2) is 0 Å². The molecule has 8 heteroatoms. The van der Waals surface area contributed by atoms with Gasteiger partial charge in [-0.1, -0.05) is 25.2 Å². The van der Waals surface area contributed by atoms with Gasteiger partial charge < -0.3 is 15.3 Å². The molecule has 2 heterocycles. The summed E-state index contributed by atoms with van der Waals surface area (Å²) in [6.07, 6.45) is 1.75. The quantitative estimate of drug-likeness (QED) is 0.813. The minimum Gasteiger partial charge on any atom is -0.390 e. The highest BCUT2D eigenvalue weighted by Gasteiger charge is 2.38. The smallest absolute Gasteiger partial charge is 0.226 e. The number of anilines is 1. The summed E-state index contributed by atoms with van der Waals surface area (Å²) in [6, 6.07) is 0. The zero-order valence-corrected chi connectivity index (χ0v) is 15.3. The number of likely N-dealkylation sites (tertiary alicyclic amines) is 1. The third kappa shape index (κ3) is 5.24. The van der Waals surface area contributed by atoms with Crippen LogP contribution in [0.2, 0.25) is 0 Å². The van der Waals surface area contributed by atoms with Gasteiger partial charge in [-0.3, -0.25) is 9.59 Å². The van der Waals surface area contributed by atoms with Crippen molar-refractivity contribution in [3.63, 3.8) is 0 Å². The fourth-order valence-electron chi connectivity index (χ4n) is 3.03. The van der Waals surface area contributed by atoms with Gasteiger partial charge in [-0.15, -0.1) is 10.2 Å². The standard InChI is InChI=1S/C16H26N4O3S/c1-11(2)8-12-9-20(7-6-16(12,3)23)14(22)5-4-13(21)18-15-19-17-10-24-15/h10-12,23H,4-9H2,1-3H3,(H,18,19,21)/t12-,16+/m1/s1. The lowest BCUT2D eigenvalue weighted by atomic mass is 9.78. The van der Waals surface area contributed by atoms with Crippen molar-refractivity contribution in [1.29, 1.82) is 0 Å².